The van der Waals surface area contributed by atoms with Crippen molar-refractivity contribution in [3.05, 3.63) is 46.1 Å². The zero-order chi connectivity index (χ0) is 8.29. The fourth-order valence-electron chi connectivity index (χ4n) is 1.79. The third-order valence-electron chi connectivity index (χ3n) is 2.49. The minimum absolute atomic E-state index is 0.333. The normalized spacial score (nSPS) is 22.8. The fraction of sp³-hybridized carbons (Fsp3) is 0.100. The Morgan fingerprint density at radius 1 is 1.33 bits per heavy atom. The molecule has 0 saturated carbocycles. The first-order valence-electron chi connectivity index (χ1n) is 3.93. The highest BCUT2D eigenvalue weighted by molar-refractivity contribution is 5.99. The van der Waals surface area contributed by atoms with Crippen LogP contribution < -0.4 is 5.73 Å². The topological polar surface area (TPSA) is 43.1 Å². The van der Waals surface area contributed by atoms with Crippen LogP contribution in [-0.4, -0.2) is 5.91 Å². The van der Waals surface area contributed by atoms with E-state index in [0.717, 1.165) is 6.42 Å². The van der Waals surface area contributed by atoms with E-state index in [2.05, 4.69) is 6.08 Å². The Bertz CT molecular complexity index is 433. The number of hydrogen-bond acceptors (Lipinski definition) is 1. The molecule has 0 fully saturated rings. The van der Waals surface area contributed by atoms with Crippen LogP contribution in [0.1, 0.15) is 6.42 Å². The maximum Gasteiger partial charge on any atom is 0.248 e. The molecule has 1 amide bonds. The van der Waals surface area contributed by atoms with Gasteiger partial charge in [0, 0.05) is 5.57 Å². The molecule has 0 aromatic rings. The highest BCUT2D eigenvalue weighted by atomic mass is 16.1. The van der Waals surface area contributed by atoms with E-state index in [0.29, 0.717) is 5.57 Å². The SMILES string of the molecule is NC(=O)C1=CC2=CC3=C(C3)C2=C1. The van der Waals surface area contributed by atoms with Crippen molar-refractivity contribution in [3.8, 4) is 0 Å². The van der Waals surface area contributed by atoms with Crippen LogP contribution in [0.5, 0.6) is 0 Å². The number of carbonyl (C=O) groups is 1. The van der Waals surface area contributed by atoms with Crippen LogP contribution in [0.3, 0.4) is 0 Å². The lowest BCUT2D eigenvalue weighted by Crippen LogP contribution is -2.11. The van der Waals surface area contributed by atoms with Crippen molar-refractivity contribution in [1.29, 1.82) is 0 Å². The maximum absolute atomic E-state index is 10.8. The molecule has 3 aliphatic carbocycles. The average Bonchev–Trinajstić information content (AvgIpc) is 2.54. The smallest absolute Gasteiger partial charge is 0.248 e. The zero-order valence-electron chi connectivity index (χ0n) is 6.42. The van der Waals surface area contributed by atoms with Gasteiger partial charge in [-0.15, -0.1) is 0 Å². The third kappa shape index (κ3) is 0.576. The Morgan fingerprint density at radius 2 is 2.17 bits per heavy atom. The summed E-state index contributed by atoms with van der Waals surface area (Å²) in [4.78, 5) is 10.8. The minimum atomic E-state index is -0.333. The largest absolute Gasteiger partial charge is 0.366 e. The van der Waals surface area contributed by atoms with Crippen molar-refractivity contribution in [3.63, 3.8) is 0 Å². The van der Waals surface area contributed by atoms with Gasteiger partial charge < -0.3 is 5.73 Å². The number of primary amides is 1. The number of fused-ring (bicyclic) bond motifs is 2. The molecule has 0 unspecified atom stereocenters. The van der Waals surface area contributed by atoms with Gasteiger partial charge in [0.1, 0.15) is 0 Å². The Labute approximate surface area is 69.7 Å². The number of carbonyl (C=O) groups excluding carboxylic acids is 1. The quantitative estimate of drug-likeness (QED) is 0.605. The van der Waals surface area contributed by atoms with Crippen LogP contribution in [0.15, 0.2) is 46.1 Å². The molecule has 0 aromatic carbocycles. The van der Waals surface area contributed by atoms with Crippen molar-refractivity contribution in [2.45, 2.75) is 6.42 Å². The first-order valence-corrected chi connectivity index (χ1v) is 3.93. The second kappa shape index (κ2) is 1.61. The van der Waals surface area contributed by atoms with Crippen LogP contribution in [0.25, 0.3) is 0 Å². The van der Waals surface area contributed by atoms with Crippen molar-refractivity contribution in [2.75, 3.05) is 0 Å². The Hall–Kier alpha value is -1.57. The third-order valence-corrected chi connectivity index (χ3v) is 2.49. The lowest BCUT2D eigenvalue weighted by molar-refractivity contribution is -0.114. The highest BCUT2D eigenvalue weighted by Crippen LogP contribution is 2.50. The van der Waals surface area contributed by atoms with Gasteiger partial charge in [0.25, 0.3) is 0 Å². The molecule has 0 saturated heterocycles. The van der Waals surface area contributed by atoms with E-state index in [4.69, 9.17) is 5.73 Å². The molecule has 3 rings (SSSR count). The van der Waals surface area contributed by atoms with E-state index in [9.17, 15) is 4.79 Å². The molecule has 0 bridgehead atoms. The van der Waals surface area contributed by atoms with E-state index < -0.39 is 0 Å². The predicted molar refractivity (Wildman–Crippen MR) is 45.1 cm³/mol. The van der Waals surface area contributed by atoms with E-state index in [1.807, 2.05) is 12.2 Å². The van der Waals surface area contributed by atoms with Gasteiger partial charge in [0.2, 0.25) is 5.91 Å². The molecular weight excluding hydrogens is 150 g/mol. The summed E-state index contributed by atoms with van der Waals surface area (Å²) in [6.45, 7) is 0. The molecule has 0 atom stereocenters. The van der Waals surface area contributed by atoms with Gasteiger partial charge in [-0.05, 0) is 40.9 Å². The summed E-state index contributed by atoms with van der Waals surface area (Å²) in [5.74, 6) is -0.333. The van der Waals surface area contributed by atoms with Gasteiger partial charge in [-0.3, -0.25) is 4.79 Å². The van der Waals surface area contributed by atoms with E-state index in [-0.39, 0.29) is 5.91 Å². The van der Waals surface area contributed by atoms with Crippen LogP contribution >= 0.6 is 0 Å². The van der Waals surface area contributed by atoms with Gasteiger partial charge in [0.05, 0.1) is 0 Å². The maximum atomic E-state index is 10.8. The van der Waals surface area contributed by atoms with Gasteiger partial charge in [-0.2, -0.15) is 0 Å². The predicted octanol–water partition coefficient (Wildman–Crippen LogP) is 0.978. The molecule has 2 nitrogen and oxygen atoms in total. The lowest BCUT2D eigenvalue weighted by atomic mass is 10.1. The second-order valence-corrected chi connectivity index (χ2v) is 3.30. The Balaban J connectivity index is 2.09. The summed E-state index contributed by atoms with van der Waals surface area (Å²) in [6, 6.07) is 0. The summed E-state index contributed by atoms with van der Waals surface area (Å²) in [7, 11) is 0. The molecule has 12 heavy (non-hydrogen) atoms. The molecule has 0 aliphatic heterocycles. The molecule has 58 valence electrons. The summed E-state index contributed by atoms with van der Waals surface area (Å²) in [5.41, 5.74) is 11.0. The van der Waals surface area contributed by atoms with Crippen molar-refractivity contribution < 1.29 is 4.79 Å². The van der Waals surface area contributed by atoms with Gasteiger partial charge in [-0.1, -0.05) is 6.08 Å². The van der Waals surface area contributed by atoms with E-state index >= 15 is 0 Å². The Kier molecular flexibility index (Phi) is 0.803. The number of rotatable bonds is 1. The average molecular weight is 157 g/mol. The van der Waals surface area contributed by atoms with Crippen LogP contribution in [-0.2, 0) is 4.79 Å². The van der Waals surface area contributed by atoms with E-state index in [1.54, 1.807) is 0 Å². The van der Waals surface area contributed by atoms with Crippen LogP contribution in [0.2, 0.25) is 0 Å². The van der Waals surface area contributed by atoms with Gasteiger partial charge in [-0.25, -0.2) is 0 Å². The Morgan fingerprint density at radius 3 is 2.83 bits per heavy atom. The molecule has 0 radical (unpaired) electrons. The summed E-state index contributed by atoms with van der Waals surface area (Å²) in [5, 5.41) is 0. The number of amides is 1. The first kappa shape index (κ1) is 6.00. The molecule has 2 N–H and O–H groups in total. The standard InChI is InChI=1S/C10H7NO/c11-10(12)7-2-5-1-6-3-8(6)9(5)4-7/h1-2,4H,3H2,(H2,11,12). The van der Waals surface area contributed by atoms with Crippen molar-refractivity contribution >= 4 is 5.91 Å². The zero-order valence-corrected chi connectivity index (χ0v) is 6.42. The summed E-state index contributed by atoms with van der Waals surface area (Å²) < 4.78 is 0. The molecule has 3 aliphatic rings. The summed E-state index contributed by atoms with van der Waals surface area (Å²) >= 11 is 0. The van der Waals surface area contributed by atoms with Gasteiger partial charge in [0.15, 0.2) is 0 Å². The molecule has 0 spiro atoms. The summed E-state index contributed by atoms with van der Waals surface area (Å²) in [6.07, 6.45) is 7.00. The molecule has 0 aromatic heterocycles. The van der Waals surface area contributed by atoms with Crippen LogP contribution in [0, 0.1) is 0 Å². The molecular formula is C10H7NO. The molecule has 2 heteroatoms. The van der Waals surface area contributed by atoms with E-state index in [1.165, 1.54) is 22.3 Å². The van der Waals surface area contributed by atoms with Crippen molar-refractivity contribution in [2.24, 2.45) is 5.73 Å². The molecule has 0 heterocycles. The lowest BCUT2D eigenvalue weighted by Gasteiger charge is -1.94. The highest BCUT2D eigenvalue weighted by Gasteiger charge is 2.33. The minimum Gasteiger partial charge on any atom is -0.366 e. The number of allylic oxidation sites excluding steroid dienone is 6. The van der Waals surface area contributed by atoms with Crippen molar-refractivity contribution in [1.82, 2.24) is 0 Å². The van der Waals surface area contributed by atoms with Crippen LogP contribution in [0.4, 0.5) is 0 Å². The first-order chi connectivity index (χ1) is 5.75. The number of hydrogen-bond donors (Lipinski definition) is 1. The number of nitrogens with two attached hydrogens (primary N) is 1. The fourth-order valence-corrected chi connectivity index (χ4v) is 1.79. The monoisotopic (exact) mass is 157 g/mol. The second-order valence-electron chi connectivity index (χ2n) is 3.30. The van der Waals surface area contributed by atoms with Gasteiger partial charge >= 0.3 is 0 Å².